The second-order valence-corrected chi connectivity index (χ2v) is 4.41. The van der Waals surface area contributed by atoms with Gasteiger partial charge in [0.05, 0.1) is 22.2 Å². The number of halogens is 1. The Morgan fingerprint density at radius 3 is 2.18 bits per heavy atom. The van der Waals surface area contributed by atoms with E-state index in [0.717, 1.165) is 0 Å². The van der Waals surface area contributed by atoms with Crippen molar-refractivity contribution in [3.8, 4) is 0 Å². The van der Waals surface area contributed by atoms with Crippen LogP contribution >= 0.6 is 22.6 Å². The predicted molar refractivity (Wildman–Crippen MR) is 49.8 cm³/mol. The Balaban J connectivity index is 2.63. The smallest absolute Gasteiger partial charge is 0.107 e. The highest BCUT2D eigenvalue weighted by Gasteiger charge is 2.38. The van der Waals surface area contributed by atoms with Crippen molar-refractivity contribution in [2.45, 2.75) is 42.2 Å². The van der Waals surface area contributed by atoms with Crippen LogP contribution in [0.1, 0.15) is 13.8 Å². The first-order valence-corrected chi connectivity index (χ1v) is 4.94. The summed E-state index contributed by atoms with van der Waals surface area (Å²) in [6.45, 7) is 3.68. The number of aliphatic hydroxyl groups excluding tert-OH is 2. The molecule has 0 aromatic rings. The van der Waals surface area contributed by atoms with Crippen LogP contribution in [-0.4, -0.2) is 38.6 Å². The van der Waals surface area contributed by atoms with E-state index < -0.39 is 12.2 Å². The third-order valence-electron chi connectivity index (χ3n) is 2.03. The van der Waals surface area contributed by atoms with Crippen LogP contribution in [0.4, 0.5) is 0 Å². The fourth-order valence-electron chi connectivity index (χ4n) is 1.24. The van der Waals surface area contributed by atoms with Crippen molar-refractivity contribution in [2.24, 2.45) is 0 Å². The van der Waals surface area contributed by atoms with Crippen molar-refractivity contribution < 1.29 is 14.9 Å². The Bertz CT molecular complexity index is 128. The van der Waals surface area contributed by atoms with Crippen LogP contribution in [0.15, 0.2) is 0 Å². The Morgan fingerprint density at radius 1 is 1.09 bits per heavy atom. The summed E-state index contributed by atoms with van der Waals surface area (Å²) in [5.74, 6) is 0. The van der Waals surface area contributed by atoms with E-state index in [-0.39, 0.29) is 16.1 Å². The van der Waals surface area contributed by atoms with Crippen LogP contribution in [0.5, 0.6) is 0 Å². The molecular weight excluding hydrogens is 259 g/mol. The number of hydrogen-bond acceptors (Lipinski definition) is 3. The van der Waals surface area contributed by atoms with Gasteiger partial charge in [0, 0.05) is 0 Å². The first-order chi connectivity index (χ1) is 5.04. The molecular formula is C7H13IO3. The SMILES string of the molecule is CC1OC(C)C(I)C(O)C1O. The summed E-state index contributed by atoms with van der Waals surface area (Å²) in [4.78, 5) is 0. The van der Waals surface area contributed by atoms with Crippen LogP contribution in [-0.2, 0) is 4.74 Å². The second-order valence-electron chi connectivity index (χ2n) is 2.97. The highest BCUT2D eigenvalue weighted by Crippen LogP contribution is 2.25. The number of hydrogen-bond donors (Lipinski definition) is 2. The molecule has 5 unspecified atom stereocenters. The Kier molecular flexibility index (Phi) is 3.13. The Morgan fingerprint density at radius 2 is 1.64 bits per heavy atom. The van der Waals surface area contributed by atoms with Gasteiger partial charge in [-0.2, -0.15) is 0 Å². The van der Waals surface area contributed by atoms with Crippen molar-refractivity contribution in [2.75, 3.05) is 0 Å². The number of alkyl halides is 1. The van der Waals surface area contributed by atoms with Crippen LogP contribution < -0.4 is 0 Å². The van der Waals surface area contributed by atoms with E-state index in [1.54, 1.807) is 6.92 Å². The highest BCUT2D eigenvalue weighted by molar-refractivity contribution is 14.1. The van der Waals surface area contributed by atoms with Gasteiger partial charge in [-0.15, -0.1) is 0 Å². The van der Waals surface area contributed by atoms with E-state index in [2.05, 4.69) is 22.6 Å². The van der Waals surface area contributed by atoms with Gasteiger partial charge in [-0.3, -0.25) is 0 Å². The Labute approximate surface area is 79.9 Å². The molecule has 1 aliphatic rings. The first-order valence-electron chi connectivity index (χ1n) is 3.69. The van der Waals surface area contributed by atoms with Crippen LogP contribution in [0.2, 0.25) is 0 Å². The number of aliphatic hydroxyl groups is 2. The molecule has 66 valence electrons. The summed E-state index contributed by atoms with van der Waals surface area (Å²) < 4.78 is 5.35. The minimum absolute atomic E-state index is 0.0150. The van der Waals surface area contributed by atoms with Gasteiger partial charge >= 0.3 is 0 Å². The molecule has 0 radical (unpaired) electrons. The van der Waals surface area contributed by atoms with E-state index in [1.807, 2.05) is 6.92 Å². The normalized spacial score (nSPS) is 52.6. The summed E-state index contributed by atoms with van der Waals surface area (Å²) in [5.41, 5.74) is 0. The topological polar surface area (TPSA) is 49.7 Å². The fourth-order valence-corrected chi connectivity index (χ4v) is 1.83. The van der Waals surface area contributed by atoms with Gasteiger partial charge in [0.15, 0.2) is 0 Å². The van der Waals surface area contributed by atoms with Crippen LogP contribution in [0.25, 0.3) is 0 Å². The van der Waals surface area contributed by atoms with Gasteiger partial charge in [0.25, 0.3) is 0 Å². The molecule has 5 atom stereocenters. The third-order valence-corrected chi connectivity index (χ3v) is 3.78. The quantitative estimate of drug-likeness (QED) is 0.493. The van der Waals surface area contributed by atoms with Crippen molar-refractivity contribution in [1.29, 1.82) is 0 Å². The molecule has 0 aromatic heterocycles. The maximum atomic E-state index is 9.45. The molecule has 1 fully saturated rings. The van der Waals surface area contributed by atoms with Gasteiger partial charge in [0.1, 0.15) is 6.10 Å². The molecule has 0 bridgehead atoms. The lowest BCUT2D eigenvalue weighted by atomic mass is 10.00. The fraction of sp³-hybridized carbons (Fsp3) is 1.00. The van der Waals surface area contributed by atoms with Gasteiger partial charge in [-0.05, 0) is 13.8 Å². The molecule has 1 aliphatic heterocycles. The van der Waals surface area contributed by atoms with Gasteiger partial charge in [-0.25, -0.2) is 0 Å². The van der Waals surface area contributed by atoms with Gasteiger partial charge in [0.2, 0.25) is 0 Å². The lowest BCUT2D eigenvalue weighted by Gasteiger charge is -2.37. The van der Waals surface area contributed by atoms with Gasteiger partial charge in [-0.1, -0.05) is 22.6 Å². The van der Waals surface area contributed by atoms with Crippen molar-refractivity contribution >= 4 is 22.6 Å². The van der Waals surface area contributed by atoms with Crippen molar-refractivity contribution in [3.63, 3.8) is 0 Å². The van der Waals surface area contributed by atoms with E-state index in [9.17, 15) is 10.2 Å². The molecule has 4 heteroatoms. The second kappa shape index (κ2) is 3.55. The summed E-state index contributed by atoms with van der Waals surface area (Å²) in [6.07, 6.45) is -1.64. The molecule has 11 heavy (non-hydrogen) atoms. The van der Waals surface area contributed by atoms with Crippen molar-refractivity contribution in [1.82, 2.24) is 0 Å². The zero-order valence-corrected chi connectivity index (χ0v) is 8.72. The lowest BCUT2D eigenvalue weighted by molar-refractivity contribution is -0.148. The lowest BCUT2D eigenvalue weighted by Crippen LogP contribution is -2.53. The summed E-state index contributed by atoms with van der Waals surface area (Å²) >= 11 is 2.10. The zero-order chi connectivity index (χ0) is 8.59. The number of ether oxygens (including phenoxy) is 1. The largest absolute Gasteiger partial charge is 0.389 e. The maximum Gasteiger partial charge on any atom is 0.107 e. The minimum atomic E-state index is -0.743. The molecule has 0 saturated carbocycles. The van der Waals surface area contributed by atoms with E-state index in [1.165, 1.54) is 0 Å². The molecule has 0 spiro atoms. The highest BCUT2D eigenvalue weighted by atomic mass is 127. The van der Waals surface area contributed by atoms with Gasteiger partial charge < -0.3 is 14.9 Å². The van der Waals surface area contributed by atoms with E-state index in [0.29, 0.717) is 0 Å². The minimum Gasteiger partial charge on any atom is -0.389 e. The monoisotopic (exact) mass is 272 g/mol. The van der Waals surface area contributed by atoms with Crippen molar-refractivity contribution in [3.05, 3.63) is 0 Å². The molecule has 1 saturated heterocycles. The molecule has 0 aromatic carbocycles. The molecule has 1 heterocycles. The average molecular weight is 272 g/mol. The standard InChI is InChI=1S/C7H13IO3/c1-3-5(8)7(10)6(9)4(2)11-3/h3-7,9-10H,1-2H3. The summed E-state index contributed by atoms with van der Waals surface area (Å²) in [5, 5.41) is 18.8. The van der Waals surface area contributed by atoms with E-state index >= 15 is 0 Å². The molecule has 2 N–H and O–H groups in total. The maximum absolute atomic E-state index is 9.45. The predicted octanol–water partition coefficient (Wildman–Crippen LogP) is 0.319. The molecule has 1 rings (SSSR count). The Hall–Kier alpha value is 0.610. The zero-order valence-electron chi connectivity index (χ0n) is 6.57. The van der Waals surface area contributed by atoms with Crippen LogP contribution in [0, 0.1) is 0 Å². The average Bonchev–Trinajstić information content (AvgIpc) is 1.97. The molecule has 3 nitrogen and oxygen atoms in total. The molecule has 0 amide bonds. The summed E-state index contributed by atoms with van der Waals surface area (Å²) in [7, 11) is 0. The summed E-state index contributed by atoms with van der Waals surface area (Å²) in [6, 6.07) is 0. The first kappa shape index (κ1) is 9.70. The van der Waals surface area contributed by atoms with Crippen LogP contribution in [0.3, 0.4) is 0 Å². The third kappa shape index (κ3) is 1.85. The molecule has 0 aliphatic carbocycles. The number of rotatable bonds is 0. The van der Waals surface area contributed by atoms with E-state index in [4.69, 9.17) is 4.74 Å².